The molecular formula is C10H16O7. The van der Waals surface area contributed by atoms with Gasteiger partial charge in [-0.25, -0.2) is 4.79 Å². The van der Waals surface area contributed by atoms with E-state index in [9.17, 15) is 19.5 Å². The maximum Gasteiger partial charge on any atom is 0.337 e. The fraction of sp³-hybridized carbons (Fsp3) is 0.700. The van der Waals surface area contributed by atoms with Crippen molar-refractivity contribution in [3.05, 3.63) is 0 Å². The number of aliphatic hydroxyl groups is 1. The molecule has 0 bridgehead atoms. The summed E-state index contributed by atoms with van der Waals surface area (Å²) in [6.07, 6.45) is -1.53. The first-order chi connectivity index (χ1) is 7.67. The summed E-state index contributed by atoms with van der Waals surface area (Å²) >= 11 is 0. The van der Waals surface area contributed by atoms with E-state index in [2.05, 4.69) is 0 Å². The summed E-state index contributed by atoms with van der Waals surface area (Å²) in [6, 6.07) is 0. The molecule has 4 N–H and O–H groups in total. The van der Waals surface area contributed by atoms with Crippen LogP contribution in [-0.2, 0) is 14.4 Å². The Kier molecular flexibility index (Phi) is 4.64. The maximum absolute atomic E-state index is 11.2. The molecule has 0 aromatic rings. The Labute approximate surface area is 97.7 Å². The van der Waals surface area contributed by atoms with Crippen molar-refractivity contribution in [2.75, 3.05) is 0 Å². The summed E-state index contributed by atoms with van der Waals surface area (Å²) in [7, 11) is 0. The van der Waals surface area contributed by atoms with E-state index in [4.69, 9.17) is 15.3 Å². The Bertz CT molecular complexity index is 332. The van der Waals surface area contributed by atoms with E-state index in [0.29, 0.717) is 0 Å². The van der Waals surface area contributed by atoms with Crippen LogP contribution in [0.25, 0.3) is 0 Å². The summed E-state index contributed by atoms with van der Waals surface area (Å²) in [5.74, 6) is -4.93. The number of rotatable bonds is 7. The highest BCUT2D eigenvalue weighted by atomic mass is 16.4. The molecule has 0 heterocycles. The quantitative estimate of drug-likeness (QED) is 0.504. The zero-order valence-corrected chi connectivity index (χ0v) is 9.63. The number of hydrogen-bond acceptors (Lipinski definition) is 4. The molecule has 0 rings (SSSR count). The fourth-order valence-electron chi connectivity index (χ4n) is 1.98. The van der Waals surface area contributed by atoms with Gasteiger partial charge in [-0.15, -0.1) is 0 Å². The van der Waals surface area contributed by atoms with Crippen molar-refractivity contribution in [3.63, 3.8) is 0 Å². The molecule has 7 nitrogen and oxygen atoms in total. The Morgan fingerprint density at radius 2 is 1.35 bits per heavy atom. The molecular weight excluding hydrogens is 232 g/mol. The van der Waals surface area contributed by atoms with Crippen LogP contribution in [0, 0.1) is 5.41 Å². The normalized spacial score (nSPS) is 15.0. The van der Waals surface area contributed by atoms with Gasteiger partial charge >= 0.3 is 17.9 Å². The summed E-state index contributed by atoms with van der Waals surface area (Å²) in [6.45, 7) is 2.79. The molecule has 0 amide bonds. The van der Waals surface area contributed by atoms with Crippen molar-refractivity contribution >= 4 is 17.9 Å². The second-order valence-corrected chi connectivity index (χ2v) is 3.83. The molecule has 98 valence electrons. The van der Waals surface area contributed by atoms with Crippen LogP contribution in [0.3, 0.4) is 0 Å². The zero-order valence-electron chi connectivity index (χ0n) is 9.63. The van der Waals surface area contributed by atoms with Crippen molar-refractivity contribution in [3.8, 4) is 0 Å². The maximum atomic E-state index is 11.2. The lowest BCUT2D eigenvalue weighted by molar-refractivity contribution is -0.194. The van der Waals surface area contributed by atoms with Gasteiger partial charge in [0.1, 0.15) is 5.41 Å². The highest BCUT2D eigenvalue weighted by molar-refractivity contribution is 5.92. The van der Waals surface area contributed by atoms with Crippen LogP contribution in [-0.4, -0.2) is 43.9 Å². The molecule has 0 aromatic heterocycles. The lowest BCUT2D eigenvalue weighted by atomic mass is 9.66. The first kappa shape index (κ1) is 15.4. The van der Waals surface area contributed by atoms with Gasteiger partial charge < -0.3 is 20.4 Å². The zero-order chi connectivity index (χ0) is 13.9. The molecule has 1 unspecified atom stereocenters. The molecule has 1 atom stereocenters. The van der Waals surface area contributed by atoms with Crippen molar-refractivity contribution in [1.82, 2.24) is 0 Å². The second-order valence-electron chi connectivity index (χ2n) is 3.83. The van der Waals surface area contributed by atoms with Crippen LogP contribution < -0.4 is 0 Å². The van der Waals surface area contributed by atoms with E-state index in [-0.39, 0.29) is 12.8 Å². The van der Waals surface area contributed by atoms with Crippen molar-refractivity contribution in [2.24, 2.45) is 5.41 Å². The summed E-state index contributed by atoms with van der Waals surface area (Å²) in [4.78, 5) is 32.9. The van der Waals surface area contributed by atoms with Gasteiger partial charge in [-0.3, -0.25) is 9.59 Å². The predicted octanol–water partition coefficient (Wildman–Crippen LogP) is 0.168. The largest absolute Gasteiger partial charge is 0.481 e. The molecule has 0 aliphatic rings. The van der Waals surface area contributed by atoms with Crippen molar-refractivity contribution in [1.29, 1.82) is 0 Å². The number of carboxylic acids is 3. The molecule has 0 saturated carbocycles. The fourth-order valence-corrected chi connectivity index (χ4v) is 1.98. The summed E-state index contributed by atoms with van der Waals surface area (Å²) in [5.41, 5.74) is -4.84. The summed E-state index contributed by atoms with van der Waals surface area (Å²) < 4.78 is 0. The molecule has 0 spiro atoms. The lowest BCUT2D eigenvalue weighted by Crippen LogP contribution is -2.58. The molecule has 0 aromatic carbocycles. The van der Waals surface area contributed by atoms with E-state index < -0.39 is 35.3 Å². The van der Waals surface area contributed by atoms with E-state index in [1.807, 2.05) is 0 Å². The highest BCUT2D eigenvalue weighted by Crippen LogP contribution is 2.41. The van der Waals surface area contributed by atoms with Gasteiger partial charge in [-0.05, 0) is 12.8 Å². The third-order valence-corrected chi connectivity index (χ3v) is 3.17. The topological polar surface area (TPSA) is 132 Å². The Hall–Kier alpha value is -1.63. The van der Waals surface area contributed by atoms with Gasteiger partial charge in [0, 0.05) is 0 Å². The number of carbonyl (C=O) groups is 3. The van der Waals surface area contributed by atoms with E-state index in [1.165, 1.54) is 13.8 Å². The first-order valence-electron chi connectivity index (χ1n) is 5.09. The third kappa shape index (κ3) is 2.38. The summed E-state index contributed by atoms with van der Waals surface area (Å²) in [5, 5.41) is 36.7. The Balaban J connectivity index is 5.77. The van der Waals surface area contributed by atoms with Crippen molar-refractivity contribution < 1.29 is 34.8 Å². The molecule has 0 radical (unpaired) electrons. The molecule has 0 saturated heterocycles. The molecule has 0 fully saturated rings. The standard InChI is InChI=1S/C10H16O7/c1-3-9(4-2,7(13)14)10(17,8(15)16)5-6(11)12/h17H,3-5H2,1-2H3,(H,11,12)(H,13,14)(H,15,16). The molecule has 7 heteroatoms. The van der Waals surface area contributed by atoms with Crippen LogP contribution in [0.15, 0.2) is 0 Å². The molecule has 0 aliphatic heterocycles. The van der Waals surface area contributed by atoms with Crippen LogP contribution >= 0.6 is 0 Å². The SMILES string of the molecule is CCC(CC)(C(=O)O)C(O)(CC(=O)O)C(=O)O. The monoisotopic (exact) mass is 248 g/mol. The van der Waals surface area contributed by atoms with Gasteiger partial charge in [-0.2, -0.15) is 0 Å². The van der Waals surface area contributed by atoms with Gasteiger partial charge in [0.2, 0.25) is 0 Å². The predicted molar refractivity (Wildman–Crippen MR) is 55.5 cm³/mol. The van der Waals surface area contributed by atoms with Crippen LogP contribution in [0.5, 0.6) is 0 Å². The van der Waals surface area contributed by atoms with Gasteiger partial charge in [0.25, 0.3) is 0 Å². The molecule has 0 aliphatic carbocycles. The number of hydrogen-bond donors (Lipinski definition) is 4. The number of carboxylic acid groups (broad SMARTS) is 3. The lowest BCUT2D eigenvalue weighted by Gasteiger charge is -2.39. The van der Waals surface area contributed by atoms with E-state index in [1.54, 1.807) is 0 Å². The van der Waals surface area contributed by atoms with Crippen LogP contribution in [0.2, 0.25) is 0 Å². The van der Waals surface area contributed by atoms with Gasteiger partial charge in [0.05, 0.1) is 6.42 Å². The average Bonchev–Trinajstić information content (AvgIpc) is 2.18. The minimum Gasteiger partial charge on any atom is -0.481 e. The number of aliphatic carboxylic acids is 3. The average molecular weight is 248 g/mol. The Morgan fingerprint density at radius 3 is 1.53 bits per heavy atom. The second kappa shape index (κ2) is 5.13. The van der Waals surface area contributed by atoms with E-state index in [0.717, 1.165) is 0 Å². The molecule has 17 heavy (non-hydrogen) atoms. The minimum absolute atomic E-state index is 0.186. The minimum atomic E-state index is -2.83. The Morgan fingerprint density at radius 1 is 0.941 bits per heavy atom. The highest BCUT2D eigenvalue weighted by Gasteiger charge is 2.59. The third-order valence-electron chi connectivity index (χ3n) is 3.17. The van der Waals surface area contributed by atoms with Crippen molar-refractivity contribution in [2.45, 2.75) is 38.7 Å². The van der Waals surface area contributed by atoms with Gasteiger partial charge in [0.15, 0.2) is 5.60 Å². The first-order valence-corrected chi connectivity index (χ1v) is 5.09. The van der Waals surface area contributed by atoms with E-state index >= 15 is 0 Å². The smallest absolute Gasteiger partial charge is 0.337 e. The van der Waals surface area contributed by atoms with Gasteiger partial charge in [-0.1, -0.05) is 13.8 Å². The van der Waals surface area contributed by atoms with Crippen LogP contribution in [0.1, 0.15) is 33.1 Å². The van der Waals surface area contributed by atoms with Crippen LogP contribution in [0.4, 0.5) is 0 Å².